The van der Waals surface area contributed by atoms with E-state index in [1.807, 2.05) is 6.92 Å². The third-order valence-corrected chi connectivity index (χ3v) is 5.15. The number of rotatable bonds is 5. The van der Waals surface area contributed by atoms with E-state index in [-0.39, 0.29) is 17.0 Å². The van der Waals surface area contributed by atoms with Gasteiger partial charge < -0.3 is 10.7 Å². The molecule has 4 N–H and O–H groups in total. The van der Waals surface area contributed by atoms with Crippen molar-refractivity contribution >= 4 is 10.0 Å². The zero-order valence-electron chi connectivity index (χ0n) is 11.2. The largest absolute Gasteiger partial charge is 0.332 e. The number of hydrogen-bond donors (Lipinski definition) is 3. The molecule has 0 spiro atoms. The second kappa shape index (κ2) is 6.02. The Morgan fingerprint density at radius 2 is 2.21 bits per heavy atom. The van der Waals surface area contributed by atoms with Crippen LogP contribution < -0.4 is 10.5 Å². The number of hydrogen-bond acceptors (Lipinski definition) is 4. The quantitative estimate of drug-likeness (QED) is 0.744. The molecule has 1 aliphatic carbocycles. The number of aryl methyl sites for hydroxylation is 1. The van der Waals surface area contributed by atoms with Crippen LogP contribution in [0.5, 0.6) is 0 Å². The minimum atomic E-state index is -3.52. The number of nitrogens with one attached hydrogen (secondary N) is 2. The molecule has 1 aromatic rings. The molecule has 2 rings (SSSR count). The molecule has 0 bridgehead atoms. The first-order chi connectivity index (χ1) is 9.06. The van der Waals surface area contributed by atoms with Gasteiger partial charge in [0.05, 0.1) is 6.20 Å². The summed E-state index contributed by atoms with van der Waals surface area (Å²) in [4.78, 5) is 6.87. The van der Waals surface area contributed by atoms with E-state index in [1.165, 1.54) is 6.20 Å². The molecule has 1 heterocycles. The Balaban J connectivity index is 2.11. The predicted molar refractivity (Wildman–Crippen MR) is 73.1 cm³/mol. The topological polar surface area (TPSA) is 101 Å². The molecule has 0 aromatic carbocycles. The number of nitrogens with two attached hydrogens (primary N) is 1. The van der Waals surface area contributed by atoms with Gasteiger partial charge in [-0.2, -0.15) is 0 Å². The summed E-state index contributed by atoms with van der Waals surface area (Å²) >= 11 is 0. The van der Waals surface area contributed by atoms with Gasteiger partial charge in [0.2, 0.25) is 0 Å². The lowest BCUT2D eigenvalue weighted by Crippen LogP contribution is -2.44. The fourth-order valence-corrected chi connectivity index (χ4v) is 3.85. The Labute approximate surface area is 114 Å². The van der Waals surface area contributed by atoms with Gasteiger partial charge in [-0.3, -0.25) is 0 Å². The van der Waals surface area contributed by atoms with Gasteiger partial charge in [-0.15, -0.1) is 0 Å². The van der Waals surface area contributed by atoms with E-state index < -0.39 is 10.0 Å². The van der Waals surface area contributed by atoms with Gasteiger partial charge in [0.15, 0.2) is 5.03 Å². The van der Waals surface area contributed by atoms with E-state index in [0.717, 1.165) is 25.7 Å². The molecule has 0 saturated heterocycles. The van der Waals surface area contributed by atoms with Crippen LogP contribution in [0.1, 0.15) is 38.4 Å². The molecule has 2 atom stereocenters. The summed E-state index contributed by atoms with van der Waals surface area (Å²) in [5.41, 5.74) is 5.72. The van der Waals surface area contributed by atoms with Crippen molar-refractivity contribution in [1.82, 2.24) is 14.7 Å². The van der Waals surface area contributed by atoms with Crippen molar-refractivity contribution in [3.63, 3.8) is 0 Å². The van der Waals surface area contributed by atoms with E-state index >= 15 is 0 Å². The van der Waals surface area contributed by atoms with E-state index in [0.29, 0.717) is 18.8 Å². The highest BCUT2D eigenvalue weighted by Crippen LogP contribution is 2.24. The number of nitrogens with zero attached hydrogens (tertiary/aromatic N) is 1. The minimum Gasteiger partial charge on any atom is -0.332 e. The third kappa shape index (κ3) is 3.34. The van der Waals surface area contributed by atoms with Gasteiger partial charge in [0.25, 0.3) is 10.0 Å². The van der Waals surface area contributed by atoms with Crippen molar-refractivity contribution in [3.05, 3.63) is 12.0 Å². The molecular weight excluding hydrogens is 264 g/mol. The SMILES string of the molecule is CCc1ncc(S(=O)(=O)NC2CCCCC2CN)[nH]1. The first-order valence-corrected chi connectivity index (χ1v) is 8.31. The van der Waals surface area contributed by atoms with Gasteiger partial charge >= 0.3 is 0 Å². The van der Waals surface area contributed by atoms with Gasteiger partial charge in [-0.05, 0) is 25.3 Å². The van der Waals surface area contributed by atoms with Gasteiger partial charge in [0.1, 0.15) is 5.82 Å². The summed E-state index contributed by atoms with van der Waals surface area (Å²) in [6.45, 7) is 2.45. The van der Waals surface area contributed by atoms with E-state index in [2.05, 4.69) is 14.7 Å². The van der Waals surface area contributed by atoms with Gasteiger partial charge in [0, 0.05) is 12.5 Å². The molecule has 1 saturated carbocycles. The lowest BCUT2D eigenvalue weighted by molar-refractivity contribution is 0.296. The third-order valence-electron chi connectivity index (χ3n) is 3.75. The molecule has 0 amide bonds. The van der Waals surface area contributed by atoms with Crippen LogP contribution in [0.3, 0.4) is 0 Å². The number of aromatic amines is 1. The summed E-state index contributed by atoms with van der Waals surface area (Å²) in [7, 11) is -3.52. The molecule has 1 aliphatic rings. The Kier molecular flexibility index (Phi) is 4.59. The van der Waals surface area contributed by atoms with Crippen LogP contribution in [0.25, 0.3) is 0 Å². The predicted octanol–water partition coefficient (Wildman–Crippen LogP) is 0.768. The first-order valence-electron chi connectivity index (χ1n) is 6.83. The molecule has 2 unspecified atom stereocenters. The average Bonchev–Trinajstić information content (AvgIpc) is 2.88. The molecule has 6 nitrogen and oxygen atoms in total. The normalized spacial score (nSPS) is 24.5. The van der Waals surface area contributed by atoms with Crippen molar-refractivity contribution in [1.29, 1.82) is 0 Å². The van der Waals surface area contributed by atoms with E-state index in [4.69, 9.17) is 5.73 Å². The molecule has 19 heavy (non-hydrogen) atoms. The maximum absolute atomic E-state index is 12.3. The number of aromatic nitrogens is 2. The fourth-order valence-electron chi connectivity index (χ4n) is 2.57. The van der Waals surface area contributed by atoms with Crippen molar-refractivity contribution in [3.8, 4) is 0 Å². The van der Waals surface area contributed by atoms with E-state index in [9.17, 15) is 8.42 Å². The second-order valence-corrected chi connectivity index (χ2v) is 6.74. The Bertz CT molecular complexity index is 512. The van der Waals surface area contributed by atoms with Crippen molar-refractivity contribution in [2.24, 2.45) is 11.7 Å². The Hall–Kier alpha value is -0.920. The molecule has 0 radical (unpaired) electrons. The van der Waals surface area contributed by atoms with E-state index in [1.54, 1.807) is 0 Å². The van der Waals surface area contributed by atoms with Crippen molar-refractivity contribution in [2.75, 3.05) is 6.54 Å². The monoisotopic (exact) mass is 286 g/mol. The second-order valence-electron chi connectivity index (χ2n) is 5.06. The minimum absolute atomic E-state index is 0.0582. The highest BCUT2D eigenvalue weighted by atomic mass is 32.2. The van der Waals surface area contributed by atoms with Crippen LogP contribution in [-0.2, 0) is 16.4 Å². The zero-order chi connectivity index (χ0) is 13.9. The standard InChI is InChI=1S/C12H22N4O2S/c1-2-11-14-8-12(15-11)19(17,18)16-10-6-4-3-5-9(10)7-13/h8-10,16H,2-7,13H2,1H3,(H,14,15). The summed E-state index contributed by atoms with van der Waals surface area (Å²) < 4.78 is 27.3. The summed E-state index contributed by atoms with van der Waals surface area (Å²) in [5, 5.41) is 0.144. The number of imidazole rings is 1. The van der Waals surface area contributed by atoms with Crippen molar-refractivity contribution in [2.45, 2.75) is 50.1 Å². The van der Waals surface area contributed by atoms with Gasteiger partial charge in [-0.25, -0.2) is 18.1 Å². The number of sulfonamides is 1. The van der Waals surface area contributed by atoms with Crippen LogP contribution in [0.2, 0.25) is 0 Å². The van der Waals surface area contributed by atoms with Crippen LogP contribution in [-0.4, -0.2) is 31.0 Å². The number of H-pyrrole nitrogens is 1. The molecule has 1 aromatic heterocycles. The lowest BCUT2D eigenvalue weighted by atomic mass is 9.85. The van der Waals surface area contributed by atoms with Crippen LogP contribution >= 0.6 is 0 Å². The maximum atomic E-state index is 12.3. The van der Waals surface area contributed by atoms with Crippen LogP contribution in [0.15, 0.2) is 11.2 Å². The molecule has 0 aliphatic heterocycles. The molecular formula is C12H22N4O2S. The van der Waals surface area contributed by atoms with Crippen LogP contribution in [0.4, 0.5) is 0 Å². The Morgan fingerprint density at radius 1 is 1.47 bits per heavy atom. The van der Waals surface area contributed by atoms with Gasteiger partial charge in [-0.1, -0.05) is 19.8 Å². The average molecular weight is 286 g/mol. The highest BCUT2D eigenvalue weighted by molar-refractivity contribution is 7.89. The highest BCUT2D eigenvalue weighted by Gasteiger charge is 2.29. The summed E-state index contributed by atoms with van der Waals surface area (Å²) in [6, 6.07) is -0.0582. The first kappa shape index (κ1) is 14.5. The van der Waals surface area contributed by atoms with Crippen molar-refractivity contribution < 1.29 is 8.42 Å². The fraction of sp³-hybridized carbons (Fsp3) is 0.750. The summed E-state index contributed by atoms with van der Waals surface area (Å²) in [6.07, 6.45) is 6.09. The molecule has 7 heteroatoms. The maximum Gasteiger partial charge on any atom is 0.257 e. The zero-order valence-corrected chi connectivity index (χ0v) is 12.0. The molecule has 108 valence electrons. The van der Waals surface area contributed by atoms with Crippen LogP contribution in [0, 0.1) is 5.92 Å². The molecule has 1 fully saturated rings. The Morgan fingerprint density at radius 3 is 2.84 bits per heavy atom. The smallest absolute Gasteiger partial charge is 0.257 e. The lowest BCUT2D eigenvalue weighted by Gasteiger charge is -2.30. The summed E-state index contributed by atoms with van der Waals surface area (Å²) in [5.74, 6) is 0.913.